The highest BCUT2D eigenvalue weighted by Crippen LogP contribution is 2.29. The Morgan fingerprint density at radius 1 is 1.42 bits per heavy atom. The molecule has 0 aliphatic heterocycles. The summed E-state index contributed by atoms with van der Waals surface area (Å²) >= 11 is 11.7. The van der Waals surface area contributed by atoms with Crippen LogP contribution in [-0.4, -0.2) is 13.8 Å². The van der Waals surface area contributed by atoms with E-state index in [1.165, 1.54) is 0 Å². The maximum atomic E-state index is 5.88. The van der Waals surface area contributed by atoms with Crippen molar-refractivity contribution in [3.05, 3.63) is 28.2 Å². The van der Waals surface area contributed by atoms with Crippen LogP contribution in [0.1, 0.15) is 0 Å². The van der Waals surface area contributed by atoms with E-state index >= 15 is 0 Å². The molecule has 1 rings (SSSR count). The van der Waals surface area contributed by atoms with Gasteiger partial charge in [0.2, 0.25) is 0 Å². The summed E-state index contributed by atoms with van der Waals surface area (Å²) in [6, 6.07) is 5.40. The van der Waals surface area contributed by atoms with Crippen LogP contribution in [0, 0.1) is 0 Å². The summed E-state index contributed by atoms with van der Waals surface area (Å²) in [6.07, 6.45) is 0. The Bertz CT molecular complexity index is 265. The highest BCUT2D eigenvalue weighted by molar-refractivity contribution is 6.43. The highest BCUT2D eigenvalue weighted by Gasteiger charge is 2.01. The van der Waals surface area contributed by atoms with Crippen molar-refractivity contribution < 1.29 is 4.74 Å². The summed E-state index contributed by atoms with van der Waals surface area (Å²) in [4.78, 5) is 0. The number of anilines is 1. The molecule has 0 heterocycles. The first kappa shape index (κ1) is 9.65. The summed E-state index contributed by atoms with van der Waals surface area (Å²) in [5, 5.41) is 4.03. The highest BCUT2D eigenvalue weighted by atomic mass is 35.5. The number of methoxy groups -OCH3 is 1. The van der Waals surface area contributed by atoms with Gasteiger partial charge in [-0.15, -0.1) is 0 Å². The van der Waals surface area contributed by atoms with Gasteiger partial charge in [-0.05, 0) is 12.1 Å². The minimum Gasteiger partial charge on any atom is -0.365 e. The number of halogens is 2. The van der Waals surface area contributed by atoms with Crippen molar-refractivity contribution >= 4 is 28.9 Å². The Morgan fingerprint density at radius 2 is 2.17 bits per heavy atom. The van der Waals surface area contributed by atoms with Gasteiger partial charge in [0.05, 0.1) is 15.7 Å². The van der Waals surface area contributed by atoms with E-state index in [2.05, 4.69) is 5.32 Å². The molecular formula is C8H9Cl2NO. The predicted molar refractivity (Wildman–Crippen MR) is 52.0 cm³/mol. The third-order valence-electron chi connectivity index (χ3n) is 1.36. The molecule has 1 aromatic carbocycles. The monoisotopic (exact) mass is 205 g/mol. The topological polar surface area (TPSA) is 21.3 Å². The van der Waals surface area contributed by atoms with Crippen LogP contribution in [0.4, 0.5) is 5.69 Å². The summed E-state index contributed by atoms with van der Waals surface area (Å²) in [5.74, 6) is 0. The molecule has 0 saturated heterocycles. The lowest BCUT2D eigenvalue weighted by Crippen LogP contribution is -2.03. The van der Waals surface area contributed by atoms with E-state index in [1.807, 2.05) is 12.1 Å². The molecule has 66 valence electrons. The van der Waals surface area contributed by atoms with Crippen molar-refractivity contribution in [3.8, 4) is 0 Å². The van der Waals surface area contributed by atoms with Gasteiger partial charge in [0.1, 0.15) is 6.73 Å². The maximum Gasteiger partial charge on any atom is 0.116 e. The average molecular weight is 206 g/mol. The van der Waals surface area contributed by atoms with Crippen LogP contribution in [-0.2, 0) is 4.74 Å². The third-order valence-corrected chi connectivity index (χ3v) is 2.18. The van der Waals surface area contributed by atoms with Crippen molar-refractivity contribution in [1.29, 1.82) is 0 Å². The Labute approximate surface area is 81.4 Å². The molecule has 0 aliphatic rings. The van der Waals surface area contributed by atoms with Gasteiger partial charge in [0, 0.05) is 7.11 Å². The number of benzene rings is 1. The second-order valence-corrected chi connectivity index (χ2v) is 3.00. The van der Waals surface area contributed by atoms with E-state index in [4.69, 9.17) is 27.9 Å². The maximum absolute atomic E-state index is 5.88. The lowest BCUT2D eigenvalue weighted by Gasteiger charge is -2.07. The van der Waals surface area contributed by atoms with Crippen molar-refractivity contribution in [2.24, 2.45) is 0 Å². The molecule has 4 heteroatoms. The Balaban J connectivity index is 2.78. The van der Waals surface area contributed by atoms with Gasteiger partial charge in [0.25, 0.3) is 0 Å². The van der Waals surface area contributed by atoms with Crippen molar-refractivity contribution in [3.63, 3.8) is 0 Å². The molecule has 0 saturated carbocycles. The Kier molecular flexibility index (Phi) is 3.66. The fourth-order valence-corrected chi connectivity index (χ4v) is 1.16. The normalized spacial score (nSPS) is 9.92. The number of hydrogen-bond acceptors (Lipinski definition) is 2. The summed E-state index contributed by atoms with van der Waals surface area (Å²) in [7, 11) is 1.60. The van der Waals surface area contributed by atoms with Crippen LogP contribution < -0.4 is 5.32 Å². The van der Waals surface area contributed by atoms with E-state index in [9.17, 15) is 0 Å². The summed E-state index contributed by atoms with van der Waals surface area (Å²) in [6.45, 7) is 0.417. The Morgan fingerprint density at radius 3 is 2.83 bits per heavy atom. The molecule has 1 N–H and O–H groups in total. The van der Waals surface area contributed by atoms with Crippen LogP contribution in [0.15, 0.2) is 18.2 Å². The van der Waals surface area contributed by atoms with Gasteiger partial charge in [-0.2, -0.15) is 0 Å². The average Bonchev–Trinajstić information content (AvgIpc) is 2.08. The molecule has 0 spiro atoms. The first-order valence-corrected chi connectivity index (χ1v) is 4.18. The first-order valence-electron chi connectivity index (χ1n) is 3.42. The predicted octanol–water partition coefficient (Wildman–Crippen LogP) is 3.01. The van der Waals surface area contributed by atoms with Crippen molar-refractivity contribution in [1.82, 2.24) is 0 Å². The zero-order valence-corrected chi connectivity index (χ0v) is 8.12. The van der Waals surface area contributed by atoms with Gasteiger partial charge in [-0.3, -0.25) is 0 Å². The van der Waals surface area contributed by atoms with Gasteiger partial charge < -0.3 is 10.1 Å². The SMILES string of the molecule is COCNc1cccc(Cl)c1Cl. The number of nitrogens with one attached hydrogen (secondary N) is 1. The van der Waals surface area contributed by atoms with Gasteiger partial charge >= 0.3 is 0 Å². The lowest BCUT2D eigenvalue weighted by atomic mass is 10.3. The minimum atomic E-state index is 0.417. The number of hydrogen-bond donors (Lipinski definition) is 1. The Hall–Kier alpha value is -0.440. The molecule has 12 heavy (non-hydrogen) atoms. The summed E-state index contributed by atoms with van der Waals surface area (Å²) in [5.41, 5.74) is 0.783. The minimum absolute atomic E-state index is 0.417. The van der Waals surface area contributed by atoms with Crippen LogP contribution in [0.2, 0.25) is 10.0 Å². The van der Waals surface area contributed by atoms with E-state index in [0.717, 1.165) is 5.69 Å². The molecule has 0 aliphatic carbocycles. The molecule has 0 aromatic heterocycles. The fraction of sp³-hybridized carbons (Fsp3) is 0.250. The van der Waals surface area contributed by atoms with Gasteiger partial charge in [-0.25, -0.2) is 0 Å². The van der Waals surface area contributed by atoms with E-state index in [0.29, 0.717) is 16.8 Å². The van der Waals surface area contributed by atoms with Crippen LogP contribution in [0.3, 0.4) is 0 Å². The molecule has 0 unspecified atom stereocenters. The smallest absolute Gasteiger partial charge is 0.116 e. The largest absolute Gasteiger partial charge is 0.365 e. The standard InChI is InChI=1S/C8H9Cl2NO/c1-12-5-11-7-4-2-3-6(9)8(7)10/h2-4,11H,5H2,1H3. The molecular weight excluding hydrogens is 197 g/mol. The first-order chi connectivity index (χ1) is 5.75. The third kappa shape index (κ3) is 2.27. The second-order valence-electron chi connectivity index (χ2n) is 2.21. The van der Waals surface area contributed by atoms with Crippen molar-refractivity contribution in [2.75, 3.05) is 19.2 Å². The van der Waals surface area contributed by atoms with E-state index in [-0.39, 0.29) is 0 Å². The zero-order valence-electron chi connectivity index (χ0n) is 6.60. The molecule has 2 nitrogen and oxygen atoms in total. The van der Waals surface area contributed by atoms with Crippen LogP contribution in [0.25, 0.3) is 0 Å². The van der Waals surface area contributed by atoms with Crippen LogP contribution >= 0.6 is 23.2 Å². The van der Waals surface area contributed by atoms with Crippen LogP contribution in [0.5, 0.6) is 0 Å². The molecule has 1 aromatic rings. The van der Waals surface area contributed by atoms with Crippen molar-refractivity contribution in [2.45, 2.75) is 0 Å². The fourth-order valence-electron chi connectivity index (χ4n) is 0.790. The lowest BCUT2D eigenvalue weighted by molar-refractivity contribution is 0.221. The van der Waals surface area contributed by atoms with E-state index in [1.54, 1.807) is 13.2 Å². The van der Waals surface area contributed by atoms with E-state index < -0.39 is 0 Å². The summed E-state index contributed by atoms with van der Waals surface area (Å²) < 4.78 is 4.83. The van der Waals surface area contributed by atoms with Gasteiger partial charge in [-0.1, -0.05) is 29.3 Å². The molecule has 0 radical (unpaired) electrons. The number of ether oxygens (including phenoxy) is 1. The van der Waals surface area contributed by atoms with Gasteiger partial charge in [0.15, 0.2) is 0 Å². The molecule has 0 bridgehead atoms. The second kappa shape index (κ2) is 4.55. The molecule has 0 atom stereocenters. The molecule has 0 amide bonds. The molecule has 0 fully saturated rings. The quantitative estimate of drug-likeness (QED) is 0.767. The zero-order chi connectivity index (χ0) is 8.97. The number of rotatable bonds is 3.